The molecular weight excluding hydrogens is 434 g/mol. The summed E-state index contributed by atoms with van der Waals surface area (Å²) >= 11 is 0. The number of anilines is 1. The lowest BCUT2D eigenvalue weighted by atomic mass is 9.85. The summed E-state index contributed by atoms with van der Waals surface area (Å²) in [6.07, 6.45) is 1.99. The zero-order valence-corrected chi connectivity index (χ0v) is 19.3. The number of aromatic nitrogens is 6. The standard InChI is InChI=1S/C24H25N7O3/c1-5-11-34-18-8-7-16(12-19(18)33-6-2)17-13-22(32)25-24-23(17)14(3)28-31(24)21-10-9-20-27-26-15(4)30(20)29-21/h5,7-10,12,17H,1,6,11,13H2,2-4H3,(H,25,32). The summed E-state index contributed by atoms with van der Waals surface area (Å²) < 4.78 is 14.9. The Bertz CT molecular complexity index is 1410. The molecule has 1 N–H and O–H groups in total. The Hall–Kier alpha value is -4.21. The van der Waals surface area contributed by atoms with Crippen LogP contribution in [0.25, 0.3) is 11.5 Å². The maximum atomic E-state index is 12.8. The Morgan fingerprint density at radius 3 is 2.79 bits per heavy atom. The molecule has 0 spiro atoms. The summed E-state index contributed by atoms with van der Waals surface area (Å²) in [5.74, 6) is 2.83. The SMILES string of the molecule is C=CCOc1ccc(C2CC(=O)Nc3c2c(C)nn3-c2ccc3nnc(C)n3n2)cc1OCC. The van der Waals surface area contributed by atoms with Crippen molar-refractivity contribution in [1.82, 2.24) is 29.6 Å². The Morgan fingerprint density at radius 2 is 2.00 bits per heavy atom. The van der Waals surface area contributed by atoms with E-state index in [0.29, 0.717) is 54.2 Å². The van der Waals surface area contributed by atoms with Crippen LogP contribution in [0.2, 0.25) is 0 Å². The van der Waals surface area contributed by atoms with Gasteiger partial charge in [-0.2, -0.15) is 14.3 Å². The monoisotopic (exact) mass is 459 g/mol. The summed E-state index contributed by atoms with van der Waals surface area (Å²) in [6.45, 7) is 10.3. The minimum absolute atomic E-state index is 0.0925. The van der Waals surface area contributed by atoms with E-state index in [2.05, 4.69) is 27.2 Å². The molecule has 10 nitrogen and oxygen atoms in total. The van der Waals surface area contributed by atoms with E-state index >= 15 is 0 Å². The minimum atomic E-state index is -0.189. The molecule has 10 heteroatoms. The van der Waals surface area contributed by atoms with Gasteiger partial charge >= 0.3 is 0 Å². The molecule has 0 saturated heterocycles. The van der Waals surface area contributed by atoms with E-state index in [1.165, 1.54) is 0 Å². The van der Waals surface area contributed by atoms with Crippen molar-refractivity contribution in [3.05, 3.63) is 65.6 Å². The third-order valence-electron chi connectivity index (χ3n) is 5.75. The van der Waals surface area contributed by atoms with E-state index in [9.17, 15) is 4.79 Å². The van der Waals surface area contributed by atoms with Gasteiger partial charge in [-0.05, 0) is 50.6 Å². The normalized spacial score (nSPS) is 15.1. The zero-order chi connectivity index (χ0) is 23.8. The van der Waals surface area contributed by atoms with Gasteiger partial charge in [-0.25, -0.2) is 0 Å². The number of amides is 1. The van der Waals surface area contributed by atoms with Crippen molar-refractivity contribution < 1.29 is 14.3 Å². The lowest BCUT2D eigenvalue weighted by Crippen LogP contribution is -2.25. The van der Waals surface area contributed by atoms with Crippen molar-refractivity contribution in [3.8, 4) is 17.3 Å². The minimum Gasteiger partial charge on any atom is -0.490 e. The molecule has 1 amide bonds. The van der Waals surface area contributed by atoms with Crippen LogP contribution in [-0.4, -0.2) is 48.7 Å². The number of ether oxygens (including phenoxy) is 2. The van der Waals surface area contributed by atoms with Crippen LogP contribution in [0.15, 0.2) is 43.0 Å². The summed E-state index contributed by atoms with van der Waals surface area (Å²) in [7, 11) is 0. The van der Waals surface area contributed by atoms with Crippen LogP contribution in [0.3, 0.4) is 0 Å². The summed E-state index contributed by atoms with van der Waals surface area (Å²) in [5, 5.41) is 20.5. The first-order valence-electron chi connectivity index (χ1n) is 11.1. The molecule has 1 aliphatic rings. The molecule has 34 heavy (non-hydrogen) atoms. The molecule has 0 saturated carbocycles. The van der Waals surface area contributed by atoms with Crippen molar-refractivity contribution >= 4 is 17.4 Å². The molecule has 4 heterocycles. The van der Waals surface area contributed by atoms with Crippen LogP contribution in [-0.2, 0) is 4.79 Å². The van der Waals surface area contributed by atoms with Crippen LogP contribution in [0, 0.1) is 13.8 Å². The Labute approximate surface area is 196 Å². The number of nitrogens with zero attached hydrogens (tertiary/aromatic N) is 6. The average Bonchev–Trinajstić information content (AvgIpc) is 3.37. The highest BCUT2D eigenvalue weighted by Crippen LogP contribution is 2.42. The summed E-state index contributed by atoms with van der Waals surface area (Å²) in [5.41, 5.74) is 3.35. The molecule has 1 aromatic carbocycles. The molecule has 0 radical (unpaired) electrons. The molecule has 0 bridgehead atoms. The molecular formula is C24H25N7O3. The van der Waals surface area contributed by atoms with Crippen LogP contribution in [0.4, 0.5) is 5.82 Å². The number of benzene rings is 1. The number of fused-ring (bicyclic) bond motifs is 2. The third-order valence-corrected chi connectivity index (χ3v) is 5.75. The van der Waals surface area contributed by atoms with Crippen LogP contribution in [0.1, 0.15) is 41.9 Å². The van der Waals surface area contributed by atoms with Gasteiger partial charge in [0.25, 0.3) is 0 Å². The van der Waals surface area contributed by atoms with E-state index in [1.807, 2.05) is 51.1 Å². The Kier molecular flexibility index (Phi) is 5.48. The van der Waals surface area contributed by atoms with Gasteiger partial charge in [-0.1, -0.05) is 18.7 Å². The van der Waals surface area contributed by atoms with Gasteiger partial charge in [0, 0.05) is 17.9 Å². The van der Waals surface area contributed by atoms with Gasteiger partial charge in [-0.15, -0.1) is 15.3 Å². The fourth-order valence-corrected chi connectivity index (χ4v) is 4.27. The molecule has 3 aromatic heterocycles. The molecule has 5 rings (SSSR count). The van der Waals surface area contributed by atoms with Gasteiger partial charge < -0.3 is 14.8 Å². The predicted molar refractivity (Wildman–Crippen MR) is 126 cm³/mol. The van der Waals surface area contributed by atoms with E-state index < -0.39 is 0 Å². The first-order valence-corrected chi connectivity index (χ1v) is 11.1. The van der Waals surface area contributed by atoms with Crippen LogP contribution < -0.4 is 14.8 Å². The second kappa shape index (κ2) is 8.62. The number of aryl methyl sites for hydroxylation is 2. The lowest BCUT2D eigenvalue weighted by Gasteiger charge is -2.25. The maximum Gasteiger partial charge on any atom is 0.226 e. The number of hydrogen-bond acceptors (Lipinski definition) is 7. The van der Waals surface area contributed by atoms with Gasteiger partial charge in [0.2, 0.25) is 5.91 Å². The van der Waals surface area contributed by atoms with Crippen LogP contribution >= 0.6 is 0 Å². The first-order chi connectivity index (χ1) is 16.5. The Morgan fingerprint density at radius 1 is 1.15 bits per heavy atom. The number of rotatable bonds is 7. The molecule has 174 valence electrons. The van der Waals surface area contributed by atoms with Gasteiger partial charge in [0.1, 0.15) is 12.4 Å². The fourth-order valence-electron chi connectivity index (χ4n) is 4.27. The van der Waals surface area contributed by atoms with E-state index in [-0.39, 0.29) is 11.8 Å². The molecule has 1 aliphatic heterocycles. The number of carbonyl (C=O) groups is 1. The van der Waals surface area contributed by atoms with Gasteiger partial charge in [0.15, 0.2) is 28.8 Å². The number of carbonyl (C=O) groups excluding carboxylic acids is 1. The zero-order valence-electron chi connectivity index (χ0n) is 19.3. The molecule has 4 aromatic rings. The quantitative estimate of drug-likeness (QED) is 0.422. The van der Waals surface area contributed by atoms with Crippen molar-refractivity contribution in [2.24, 2.45) is 0 Å². The largest absolute Gasteiger partial charge is 0.490 e. The number of hydrogen-bond donors (Lipinski definition) is 1. The summed E-state index contributed by atoms with van der Waals surface area (Å²) in [4.78, 5) is 12.8. The van der Waals surface area contributed by atoms with E-state index in [0.717, 1.165) is 16.8 Å². The number of nitrogens with one attached hydrogen (secondary N) is 1. The molecule has 0 aliphatic carbocycles. The lowest BCUT2D eigenvalue weighted by molar-refractivity contribution is -0.116. The topological polar surface area (TPSA) is 108 Å². The first kappa shape index (κ1) is 21.6. The predicted octanol–water partition coefficient (Wildman–Crippen LogP) is 3.36. The second-order valence-electron chi connectivity index (χ2n) is 8.01. The smallest absolute Gasteiger partial charge is 0.226 e. The summed E-state index contributed by atoms with van der Waals surface area (Å²) in [6, 6.07) is 9.42. The van der Waals surface area contributed by atoms with E-state index in [4.69, 9.17) is 14.6 Å². The molecule has 0 fully saturated rings. The highest BCUT2D eigenvalue weighted by atomic mass is 16.5. The molecule has 1 unspecified atom stereocenters. The van der Waals surface area contributed by atoms with Crippen molar-refractivity contribution in [3.63, 3.8) is 0 Å². The third kappa shape index (κ3) is 3.66. The Balaban J connectivity index is 1.60. The van der Waals surface area contributed by atoms with Crippen molar-refractivity contribution in [2.75, 3.05) is 18.5 Å². The maximum absolute atomic E-state index is 12.8. The van der Waals surface area contributed by atoms with Gasteiger partial charge in [0.05, 0.1) is 12.3 Å². The highest BCUT2D eigenvalue weighted by Gasteiger charge is 2.33. The second-order valence-corrected chi connectivity index (χ2v) is 8.01. The fraction of sp³-hybridized carbons (Fsp3) is 0.292. The van der Waals surface area contributed by atoms with Gasteiger partial charge in [-0.3, -0.25) is 4.79 Å². The molecule has 1 atom stereocenters. The highest BCUT2D eigenvalue weighted by molar-refractivity contribution is 5.95. The van der Waals surface area contributed by atoms with Crippen molar-refractivity contribution in [1.29, 1.82) is 0 Å². The average molecular weight is 460 g/mol. The van der Waals surface area contributed by atoms with E-state index in [1.54, 1.807) is 15.3 Å². The van der Waals surface area contributed by atoms with Crippen molar-refractivity contribution in [2.45, 2.75) is 33.1 Å². The van der Waals surface area contributed by atoms with Crippen LogP contribution in [0.5, 0.6) is 11.5 Å².